The molecule has 2 aromatic rings. The maximum absolute atomic E-state index is 14.6. The topological polar surface area (TPSA) is 40.6 Å². The Morgan fingerprint density at radius 3 is 2.31 bits per heavy atom. The second-order valence-electron chi connectivity index (χ2n) is 9.71. The van der Waals surface area contributed by atoms with Crippen molar-refractivity contribution >= 4 is 12.6 Å². The molecule has 9 heteroatoms. The van der Waals surface area contributed by atoms with Crippen LogP contribution in [0.5, 0.6) is 5.88 Å². The van der Waals surface area contributed by atoms with Gasteiger partial charge in [-0.2, -0.15) is 13.2 Å². The summed E-state index contributed by atoms with van der Waals surface area (Å²) in [6.07, 6.45) is -1.16. The van der Waals surface area contributed by atoms with Gasteiger partial charge in [0, 0.05) is 17.8 Å². The number of ether oxygens (including phenoxy) is 1. The highest BCUT2D eigenvalue weighted by Crippen LogP contribution is 2.38. The molecule has 1 saturated heterocycles. The third-order valence-corrected chi connectivity index (χ3v) is 6.60. The van der Waals surface area contributed by atoms with Gasteiger partial charge in [-0.05, 0) is 69.1 Å². The van der Waals surface area contributed by atoms with Crippen molar-refractivity contribution in [1.82, 2.24) is 4.98 Å². The lowest BCUT2D eigenvalue weighted by molar-refractivity contribution is -0.137. The number of alkyl halides is 3. The van der Waals surface area contributed by atoms with Gasteiger partial charge in [0.25, 0.3) is 0 Å². The molecule has 32 heavy (non-hydrogen) atoms. The van der Waals surface area contributed by atoms with Crippen LogP contribution in [0.1, 0.15) is 56.9 Å². The van der Waals surface area contributed by atoms with E-state index in [4.69, 9.17) is 14.0 Å². The Kier molecular flexibility index (Phi) is 5.57. The lowest BCUT2D eigenvalue weighted by Crippen LogP contribution is -2.41. The highest BCUT2D eigenvalue weighted by atomic mass is 19.4. The normalized spacial score (nSPS) is 21.7. The molecule has 1 atom stereocenters. The summed E-state index contributed by atoms with van der Waals surface area (Å²) in [6, 6.07) is 3.42. The Hall–Kier alpha value is -2.13. The molecule has 1 aliphatic heterocycles. The minimum absolute atomic E-state index is 0.0293. The third-order valence-electron chi connectivity index (χ3n) is 6.60. The van der Waals surface area contributed by atoms with Crippen molar-refractivity contribution in [3.63, 3.8) is 0 Å². The van der Waals surface area contributed by atoms with Gasteiger partial charge in [0.05, 0.1) is 16.8 Å². The summed E-state index contributed by atoms with van der Waals surface area (Å²) in [6.45, 7) is 8.86. The molecule has 0 saturated carbocycles. The minimum Gasteiger partial charge on any atom is -0.473 e. The van der Waals surface area contributed by atoms with E-state index in [1.54, 1.807) is 33.9 Å². The predicted molar refractivity (Wildman–Crippen MR) is 112 cm³/mol. The molecule has 1 aromatic carbocycles. The van der Waals surface area contributed by atoms with E-state index in [0.29, 0.717) is 17.9 Å². The van der Waals surface area contributed by atoms with Crippen LogP contribution in [0.4, 0.5) is 17.6 Å². The fourth-order valence-electron chi connectivity index (χ4n) is 4.09. The van der Waals surface area contributed by atoms with E-state index in [9.17, 15) is 17.6 Å². The molecule has 2 heterocycles. The molecule has 4 rings (SSSR count). The first-order chi connectivity index (χ1) is 14.8. The molecule has 1 unspecified atom stereocenters. The van der Waals surface area contributed by atoms with Crippen LogP contribution < -0.4 is 10.2 Å². The van der Waals surface area contributed by atoms with Gasteiger partial charge in [-0.3, -0.25) is 0 Å². The van der Waals surface area contributed by atoms with Crippen LogP contribution in [0.2, 0.25) is 0 Å². The summed E-state index contributed by atoms with van der Waals surface area (Å²) >= 11 is 0. The predicted octanol–water partition coefficient (Wildman–Crippen LogP) is 4.85. The highest BCUT2D eigenvalue weighted by Gasteiger charge is 2.54. The SMILES string of the molecule is CC1Cc2cnc(OCc3cc(B4OC(C)(C)C(C)(C)O4)c(C(F)(F)F)cc3F)cc2C1. The van der Waals surface area contributed by atoms with Gasteiger partial charge in [-0.25, -0.2) is 9.37 Å². The van der Waals surface area contributed by atoms with Crippen molar-refractivity contribution in [3.8, 4) is 5.88 Å². The first-order valence-electron chi connectivity index (χ1n) is 10.6. The summed E-state index contributed by atoms with van der Waals surface area (Å²) in [5.41, 5.74) is -0.803. The lowest BCUT2D eigenvalue weighted by Gasteiger charge is -2.32. The maximum Gasteiger partial charge on any atom is 0.495 e. The summed E-state index contributed by atoms with van der Waals surface area (Å²) in [5.74, 6) is -0.168. The number of aromatic nitrogens is 1. The lowest BCUT2D eigenvalue weighted by atomic mass is 9.75. The van der Waals surface area contributed by atoms with Crippen LogP contribution in [-0.4, -0.2) is 23.3 Å². The zero-order chi connectivity index (χ0) is 23.5. The summed E-state index contributed by atoms with van der Waals surface area (Å²) < 4.78 is 73.0. The van der Waals surface area contributed by atoms with Crippen molar-refractivity contribution in [2.45, 2.75) is 71.4 Å². The van der Waals surface area contributed by atoms with Crippen LogP contribution in [0, 0.1) is 11.7 Å². The minimum atomic E-state index is -4.77. The quantitative estimate of drug-likeness (QED) is 0.492. The zero-order valence-electron chi connectivity index (χ0n) is 18.8. The molecular weight excluding hydrogens is 425 g/mol. The van der Waals surface area contributed by atoms with Crippen LogP contribution in [-0.2, 0) is 34.9 Å². The van der Waals surface area contributed by atoms with Gasteiger partial charge in [0.2, 0.25) is 5.88 Å². The van der Waals surface area contributed by atoms with E-state index in [0.717, 1.165) is 30.0 Å². The molecule has 1 fully saturated rings. The first-order valence-corrected chi connectivity index (χ1v) is 10.6. The molecule has 4 nitrogen and oxygen atoms in total. The number of hydrogen-bond donors (Lipinski definition) is 0. The average Bonchev–Trinajstić information content (AvgIpc) is 3.13. The maximum atomic E-state index is 14.6. The van der Waals surface area contributed by atoms with Gasteiger partial charge >= 0.3 is 13.3 Å². The fourth-order valence-corrected chi connectivity index (χ4v) is 4.09. The van der Waals surface area contributed by atoms with Gasteiger partial charge in [-0.1, -0.05) is 13.0 Å². The van der Waals surface area contributed by atoms with E-state index in [-0.39, 0.29) is 17.6 Å². The second kappa shape index (κ2) is 7.73. The van der Waals surface area contributed by atoms with Gasteiger partial charge in [0.1, 0.15) is 12.4 Å². The van der Waals surface area contributed by atoms with E-state index >= 15 is 0 Å². The molecule has 0 amide bonds. The first kappa shape index (κ1) is 23.0. The van der Waals surface area contributed by atoms with Crippen LogP contribution in [0.25, 0.3) is 0 Å². The number of fused-ring (bicyclic) bond motifs is 1. The van der Waals surface area contributed by atoms with Crippen molar-refractivity contribution in [2.75, 3.05) is 0 Å². The van der Waals surface area contributed by atoms with Gasteiger partial charge in [0.15, 0.2) is 0 Å². The number of rotatable bonds is 4. The highest BCUT2D eigenvalue weighted by molar-refractivity contribution is 6.62. The van der Waals surface area contributed by atoms with Crippen molar-refractivity contribution in [2.24, 2.45) is 5.92 Å². The Morgan fingerprint density at radius 2 is 1.69 bits per heavy atom. The number of benzene rings is 1. The summed E-state index contributed by atoms with van der Waals surface area (Å²) in [4.78, 5) is 4.25. The Balaban J connectivity index is 1.63. The largest absolute Gasteiger partial charge is 0.495 e. The Labute approximate surface area is 185 Å². The van der Waals surface area contributed by atoms with Gasteiger partial charge < -0.3 is 14.0 Å². The van der Waals surface area contributed by atoms with Crippen LogP contribution in [0.3, 0.4) is 0 Å². The molecule has 2 aliphatic rings. The molecule has 1 aliphatic carbocycles. The fraction of sp³-hybridized carbons (Fsp3) is 0.522. The van der Waals surface area contributed by atoms with E-state index < -0.39 is 35.9 Å². The third kappa shape index (κ3) is 4.24. The van der Waals surface area contributed by atoms with Crippen molar-refractivity contribution in [3.05, 3.63) is 52.5 Å². The number of halogens is 4. The summed E-state index contributed by atoms with van der Waals surface area (Å²) in [7, 11) is -1.28. The Morgan fingerprint density at radius 1 is 1.06 bits per heavy atom. The average molecular weight is 451 g/mol. The van der Waals surface area contributed by atoms with E-state index in [1.807, 2.05) is 6.07 Å². The molecule has 1 aromatic heterocycles. The van der Waals surface area contributed by atoms with Crippen LogP contribution in [0.15, 0.2) is 24.4 Å². The van der Waals surface area contributed by atoms with Crippen LogP contribution >= 0.6 is 0 Å². The van der Waals surface area contributed by atoms with Gasteiger partial charge in [-0.15, -0.1) is 0 Å². The summed E-state index contributed by atoms with van der Waals surface area (Å²) in [5, 5.41) is 0. The molecular formula is C23H26BF4NO3. The molecule has 0 bridgehead atoms. The molecule has 0 spiro atoms. The smallest absolute Gasteiger partial charge is 0.473 e. The standard InChI is InChI=1S/C23H26BF4NO3/c1-13-6-14-9-20(29-11-15(14)7-13)30-12-16-8-18(17(10-19(16)25)23(26,27)28)24-31-21(2,3)22(4,5)32-24/h8-11,13H,6-7,12H2,1-5H3. The molecule has 0 N–H and O–H groups in total. The van der Waals surface area contributed by atoms with E-state index in [2.05, 4.69) is 11.9 Å². The monoisotopic (exact) mass is 451 g/mol. The molecule has 0 radical (unpaired) electrons. The second-order valence-corrected chi connectivity index (χ2v) is 9.71. The zero-order valence-corrected chi connectivity index (χ0v) is 18.8. The number of nitrogens with zero attached hydrogens (tertiary/aromatic N) is 1. The Bertz CT molecular complexity index is 1020. The molecule has 172 valence electrons. The number of pyridine rings is 1. The van der Waals surface area contributed by atoms with E-state index in [1.165, 1.54) is 0 Å². The number of hydrogen-bond acceptors (Lipinski definition) is 4. The van der Waals surface area contributed by atoms with Crippen molar-refractivity contribution < 1.29 is 31.6 Å². The van der Waals surface area contributed by atoms with Crippen molar-refractivity contribution in [1.29, 1.82) is 0 Å².